The Morgan fingerprint density at radius 1 is 1.59 bits per heavy atom. The van der Waals surface area contributed by atoms with E-state index in [-0.39, 0.29) is 11.9 Å². The molecule has 0 saturated heterocycles. The fourth-order valence-corrected chi connectivity index (χ4v) is 1.73. The van der Waals surface area contributed by atoms with Crippen molar-refractivity contribution in [2.24, 2.45) is 0 Å². The van der Waals surface area contributed by atoms with Crippen LogP contribution in [0.4, 0.5) is 5.69 Å². The van der Waals surface area contributed by atoms with Crippen LogP contribution in [0.1, 0.15) is 24.2 Å². The molecule has 0 aliphatic heterocycles. The molecule has 0 unspecified atom stereocenters. The van der Waals surface area contributed by atoms with Gasteiger partial charge in [-0.15, -0.1) is 6.58 Å². The van der Waals surface area contributed by atoms with Crippen LogP contribution >= 0.6 is 11.6 Å². The van der Waals surface area contributed by atoms with E-state index in [1.54, 1.807) is 29.2 Å². The van der Waals surface area contributed by atoms with E-state index in [2.05, 4.69) is 6.58 Å². The van der Waals surface area contributed by atoms with Gasteiger partial charge < -0.3 is 10.6 Å². The molecule has 3 nitrogen and oxygen atoms in total. The zero-order valence-corrected chi connectivity index (χ0v) is 10.9. The fourth-order valence-electron chi connectivity index (χ4n) is 1.53. The molecule has 0 saturated carbocycles. The summed E-state index contributed by atoms with van der Waals surface area (Å²) < 4.78 is 0. The van der Waals surface area contributed by atoms with Crippen molar-refractivity contribution in [1.29, 1.82) is 0 Å². The van der Waals surface area contributed by atoms with Gasteiger partial charge in [0.15, 0.2) is 0 Å². The summed E-state index contributed by atoms with van der Waals surface area (Å²) in [4.78, 5) is 14.0. The minimum atomic E-state index is -0.128. The van der Waals surface area contributed by atoms with Gasteiger partial charge in [0, 0.05) is 18.3 Å². The van der Waals surface area contributed by atoms with E-state index in [0.717, 1.165) is 0 Å². The quantitative estimate of drug-likeness (QED) is 0.662. The third-order valence-electron chi connectivity index (χ3n) is 2.43. The minimum absolute atomic E-state index is 0.0815. The number of rotatable bonds is 4. The summed E-state index contributed by atoms with van der Waals surface area (Å²) in [5.74, 6) is -0.128. The van der Waals surface area contributed by atoms with Crippen molar-refractivity contribution < 1.29 is 4.79 Å². The number of carbonyl (C=O) groups is 1. The third kappa shape index (κ3) is 3.24. The van der Waals surface area contributed by atoms with Gasteiger partial charge in [0.1, 0.15) is 0 Å². The van der Waals surface area contributed by atoms with Gasteiger partial charge in [0.25, 0.3) is 5.91 Å². The lowest BCUT2D eigenvalue weighted by Crippen LogP contribution is -2.37. The number of carbonyl (C=O) groups excluding carboxylic acids is 1. The zero-order valence-electron chi connectivity index (χ0n) is 10.1. The molecule has 1 amide bonds. The molecule has 0 atom stereocenters. The van der Waals surface area contributed by atoms with Crippen molar-refractivity contribution in [3.63, 3.8) is 0 Å². The van der Waals surface area contributed by atoms with Gasteiger partial charge >= 0.3 is 0 Å². The molecular weight excluding hydrogens is 236 g/mol. The zero-order chi connectivity index (χ0) is 13.0. The van der Waals surface area contributed by atoms with Crippen LogP contribution in [0.25, 0.3) is 0 Å². The number of anilines is 1. The van der Waals surface area contributed by atoms with Crippen molar-refractivity contribution >= 4 is 23.2 Å². The predicted octanol–water partition coefficient (Wildman–Crippen LogP) is 2.96. The maximum Gasteiger partial charge on any atom is 0.255 e. The Morgan fingerprint density at radius 3 is 2.76 bits per heavy atom. The van der Waals surface area contributed by atoms with Gasteiger partial charge in [-0.3, -0.25) is 4.79 Å². The average Bonchev–Trinajstić information content (AvgIpc) is 2.28. The lowest BCUT2D eigenvalue weighted by Gasteiger charge is -2.25. The number of amides is 1. The van der Waals surface area contributed by atoms with Crippen molar-refractivity contribution in [1.82, 2.24) is 4.90 Å². The first kappa shape index (κ1) is 13.6. The highest BCUT2D eigenvalue weighted by molar-refractivity contribution is 6.34. The molecule has 17 heavy (non-hydrogen) atoms. The Labute approximate surface area is 107 Å². The average molecular weight is 253 g/mol. The molecule has 0 spiro atoms. The lowest BCUT2D eigenvalue weighted by atomic mass is 10.1. The first-order chi connectivity index (χ1) is 7.97. The van der Waals surface area contributed by atoms with Crippen LogP contribution in [0.15, 0.2) is 30.9 Å². The van der Waals surface area contributed by atoms with Gasteiger partial charge in [-0.2, -0.15) is 0 Å². The Balaban J connectivity index is 3.08. The second-order valence-corrected chi connectivity index (χ2v) is 4.49. The smallest absolute Gasteiger partial charge is 0.255 e. The molecular formula is C13H17ClN2O. The Kier molecular flexibility index (Phi) is 4.58. The Morgan fingerprint density at radius 2 is 2.24 bits per heavy atom. The highest BCUT2D eigenvalue weighted by atomic mass is 35.5. The maximum atomic E-state index is 12.3. The van der Waals surface area contributed by atoms with Gasteiger partial charge in [-0.05, 0) is 32.0 Å². The monoisotopic (exact) mass is 252 g/mol. The number of hydrogen-bond acceptors (Lipinski definition) is 2. The Hall–Kier alpha value is -1.48. The number of nitrogens with two attached hydrogens (primary N) is 1. The van der Waals surface area contributed by atoms with Crippen LogP contribution in [-0.4, -0.2) is 23.4 Å². The Bertz CT molecular complexity index is 429. The topological polar surface area (TPSA) is 46.3 Å². The third-order valence-corrected chi connectivity index (χ3v) is 2.76. The first-order valence-corrected chi connectivity index (χ1v) is 5.82. The van der Waals surface area contributed by atoms with E-state index < -0.39 is 0 Å². The summed E-state index contributed by atoms with van der Waals surface area (Å²) in [7, 11) is 0. The van der Waals surface area contributed by atoms with E-state index in [0.29, 0.717) is 22.8 Å². The molecule has 4 heteroatoms. The lowest BCUT2D eigenvalue weighted by molar-refractivity contribution is 0.0729. The standard InChI is InChI=1S/C13H17ClN2O/c1-4-7-16(9(2)3)13(17)11-8-10(15)5-6-12(11)14/h4-6,8-9H,1,7,15H2,2-3H3. The van der Waals surface area contributed by atoms with Crippen LogP contribution < -0.4 is 5.73 Å². The predicted molar refractivity (Wildman–Crippen MR) is 72.2 cm³/mol. The van der Waals surface area contributed by atoms with Crippen molar-refractivity contribution in [3.05, 3.63) is 41.4 Å². The van der Waals surface area contributed by atoms with Gasteiger partial charge in [-0.1, -0.05) is 17.7 Å². The second kappa shape index (κ2) is 5.73. The highest BCUT2D eigenvalue weighted by Gasteiger charge is 2.19. The van der Waals surface area contributed by atoms with Crippen LogP contribution in [0, 0.1) is 0 Å². The van der Waals surface area contributed by atoms with Crippen LogP contribution in [0.2, 0.25) is 5.02 Å². The van der Waals surface area contributed by atoms with Gasteiger partial charge in [-0.25, -0.2) is 0 Å². The second-order valence-electron chi connectivity index (χ2n) is 4.08. The fraction of sp³-hybridized carbons (Fsp3) is 0.308. The number of nitrogen functional groups attached to an aromatic ring is 1. The number of benzene rings is 1. The molecule has 1 aromatic rings. The van der Waals surface area contributed by atoms with Crippen molar-refractivity contribution in [2.75, 3.05) is 12.3 Å². The van der Waals surface area contributed by atoms with E-state index in [1.807, 2.05) is 13.8 Å². The highest BCUT2D eigenvalue weighted by Crippen LogP contribution is 2.21. The van der Waals surface area contributed by atoms with Crippen LogP contribution in [0.3, 0.4) is 0 Å². The van der Waals surface area contributed by atoms with Crippen molar-refractivity contribution in [2.45, 2.75) is 19.9 Å². The first-order valence-electron chi connectivity index (χ1n) is 5.44. The normalized spacial score (nSPS) is 10.4. The summed E-state index contributed by atoms with van der Waals surface area (Å²) in [6, 6.07) is 4.99. The minimum Gasteiger partial charge on any atom is -0.399 e. The summed E-state index contributed by atoms with van der Waals surface area (Å²) in [5, 5.41) is 0.416. The van der Waals surface area contributed by atoms with E-state index in [1.165, 1.54) is 0 Å². The largest absolute Gasteiger partial charge is 0.399 e. The molecule has 0 fully saturated rings. The SMILES string of the molecule is C=CCN(C(=O)c1cc(N)ccc1Cl)C(C)C. The molecule has 1 aromatic carbocycles. The molecule has 0 aromatic heterocycles. The van der Waals surface area contributed by atoms with Crippen molar-refractivity contribution in [3.8, 4) is 0 Å². The number of hydrogen-bond donors (Lipinski definition) is 1. The molecule has 0 aliphatic carbocycles. The summed E-state index contributed by atoms with van der Waals surface area (Å²) >= 11 is 6.01. The number of nitrogens with zero attached hydrogens (tertiary/aromatic N) is 1. The maximum absolute atomic E-state index is 12.3. The molecule has 2 N–H and O–H groups in total. The molecule has 0 bridgehead atoms. The molecule has 0 aliphatic rings. The number of halogens is 1. The molecule has 1 rings (SSSR count). The summed E-state index contributed by atoms with van der Waals surface area (Å²) in [6.45, 7) is 8.03. The molecule has 0 heterocycles. The molecule has 92 valence electrons. The van der Waals surface area contributed by atoms with E-state index in [9.17, 15) is 4.79 Å². The summed E-state index contributed by atoms with van der Waals surface area (Å²) in [5.41, 5.74) is 6.63. The van der Waals surface area contributed by atoms with E-state index in [4.69, 9.17) is 17.3 Å². The van der Waals surface area contributed by atoms with Crippen LogP contribution in [0.5, 0.6) is 0 Å². The van der Waals surface area contributed by atoms with Crippen LogP contribution in [-0.2, 0) is 0 Å². The van der Waals surface area contributed by atoms with Gasteiger partial charge in [0.2, 0.25) is 0 Å². The van der Waals surface area contributed by atoms with E-state index >= 15 is 0 Å². The van der Waals surface area contributed by atoms with Gasteiger partial charge in [0.05, 0.1) is 10.6 Å². The summed E-state index contributed by atoms with van der Waals surface area (Å²) in [6.07, 6.45) is 1.69. The molecule has 0 radical (unpaired) electrons.